The van der Waals surface area contributed by atoms with Gasteiger partial charge >= 0.3 is 5.97 Å². The Balaban J connectivity index is 3.61. The molecule has 1 atom stereocenters. The molecular weight excluding hydrogens is 154 g/mol. The van der Waals surface area contributed by atoms with Crippen LogP contribution < -0.4 is 5.32 Å². The lowest BCUT2D eigenvalue weighted by molar-refractivity contribution is -0.143. The van der Waals surface area contributed by atoms with Gasteiger partial charge in [0, 0.05) is 12.1 Å². The lowest BCUT2D eigenvalue weighted by Crippen LogP contribution is -2.28. The molecular formula is C9H17NO2. The van der Waals surface area contributed by atoms with E-state index in [2.05, 4.69) is 11.9 Å². The van der Waals surface area contributed by atoms with Crippen LogP contribution in [-0.2, 0) is 9.53 Å². The van der Waals surface area contributed by atoms with Crippen molar-refractivity contribution >= 4 is 5.97 Å². The molecule has 0 spiro atoms. The van der Waals surface area contributed by atoms with Crippen LogP contribution in [0.5, 0.6) is 0 Å². The number of hydrogen-bond acceptors (Lipinski definition) is 3. The normalized spacial score (nSPS) is 12.2. The highest BCUT2D eigenvalue weighted by molar-refractivity contribution is 5.87. The fraction of sp³-hybridized carbons (Fsp3) is 0.667. The van der Waals surface area contributed by atoms with E-state index in [-0.39, 0.29) is 12.1 Å². The van der Waals surface area contributed by atoms with Gasteiger partial charge in [0.1, 0.15) is 6.10 Å². The maximum Gasteiger partial charge on any atom is 0.333 e. The zero-order chi connectivity index (χ0) is 9.56. The van der Waals surface area contributed by atoms with Crippen LogP contribution >= 0.6 is 0 Å². The molecule has 0 saturated carbocycles. The van der Waals surface area contributed by atoms with Crippen LogP contribution in [0, 0.1) is 0 Å². The van der Waals surface area contributed by atoms with E-state index in [0.29, 0.717) is 12.1 Å². The number of hydrogen-bond donors (Lipinski definition) is 1. The smallest absolute Gasteiger partial charge is 0.333 e. The van der Waals surface area contributed by atoms with Crippen LogP contribution in [0.15, 0.2) is 12.2 Å². The van der Waals surface area contributed by atoms with Crippen molar-refractivity contribution in [3.05, 3.63) is 12.2 Å². The fourth-order valence-corrected chi connectivity index (χ4v) is 0.673. The van der Waals surface area contributed by atoms with Crippen molar-refractivity contribution in [3.8, 4) is 0 Å². The Hall–Kier alpha value is -0.830. The molecule has 0 aliphatic heterocycles. The Morgan fingerprint density at radius 1 is 1.67 bits per heavy atom. The van der Waals surface area contributed by atoms with E-state index in [1.54, 1.807) is 6.92 Å². The molecule has 0 rings (SSSR count). The first kappa shape index (κ1) is 11.2. The average Bonchev–Trinajstić information content (AvgIpc) is 2.00. The van der Waals surface area contributed by atoms with Crippen molar-refractivity contribution in [1.29, 1.82) is 0 Å². The number of rotatable bonds is 5. The molecule has 1 unspecified atom stereocenters. The van der Waals surface area contributed by atoms with Crippen LogP contribution in [0.4, 0.5) is 0 Å². The first-order valence-corrected chi connectivity index (χ1v) is 4.15. The van der Waals surface area contributed by atoms with Crippen molar-refractivity contribution in [2.45, 2.75) is 26.9 Å². The minimum absolute atomic E-state index is 0.0888. The van der Waals surface area contributed by atoms with Gasteiger partial charge in [0.25, 0.3) is 0 Å². The standard InChI is InChI=1S/C9H17NO2/c1-5-10-6-8(4)12-9(11)7(2)3/h8,10H,2,5-6H2,1,3-4H3. The summed E-state index contributed by atoms with van der Waals surface area (Å²) in [6.45, 7) is 10.6. The number of esters is 1. The summed E-state index contributed by atoms with van der Waals surface area (Å²) >= 11 is 0. The van der Waals surface area contributed by atoms with Crippen molar-refractivity contribution in [3.63, 3.8) is 0 Å². The molecule has 0 bridgehead atoms. The molecule has 3 nitrogen and oxygen atoms in total. The minimum atomic E-state index is -0.319. The lowest BCUT2D eigenvalue weighted by atomic mass is 10.3. The summed E-state index contributed by atoms with van der Waals surface area (Å²) in [6.07, 6.45) is -0.0888. The van der Waals surface area contributed by atoms with Crippen LogP contribution in [0.2, 0.25) is 0 Å². The largest absolute Gasteiger partial charge is 0.458 e. The van der Waals surface area contributed by atoms with E-state index in [1.165, 1.54) is 0 Å². The Morgan fingerprint density at radius 3 is 2.67 bits per heavy atom. The van der Waals surface area contributed by atoms with Gasteiger partial charge < -0.3 is 10.1 Å². The topological polar surface area (TPSA) is 38.3 Å². The summed E-state index contributed by atoms with van der Waals surface area (Å²) in [5, 5.41) is 3.09. The lowest BCUT2D eigenvalue weighted by Gasteiger charge is -2.12. The maximum atomic E-state index is 11.0. The van der Waals surface area contributed by atoms with Gasteiger partial charge in [-0.05, 0) is 20.4 Å². The second-order valence-corrected chi connectivity index (χ2v) is 2.80. The number of likely N-dealkylation sites (N-methyl/N-ethyl adjacent to an activating group) is 1. The van der Waals surface area contributed by atoms with E-state index in [4.69, 9.17) is 4.74 Å². The monoisotopic (exact) mass is 171 g/mol. The SMILES string of the molecule is C=C(C)C(=O)OC(C)CNCC. The molecule has 0 aromatic carbocycles. The third kappa shape index (κ3) is 4.91. The van der Waals surface area contributed by atoms with Gasteiger partial charge in [-0.25, -0.2) is 4.79 Å². The zero-order valence-corrected chi connectivity index (χ0v) is 8.02. The highest BCUT2D eigenvalue weighted by Crippen LogP contribution is 1.96. The van der Waals surface area contributed by atoms with Gasteiger partial charge in [-0.15, -0.1) is 0 Å². The summed E-state index contributed by atoms with van der Waals surface area (Å²) in [7, 11) is 0. The maximum absolute atomic E-state index is 11.0. The van der Waals surface area contributed by atoms with Gasteiger partial charge in [0.15, 0.2) is 0 Å². The predicted octanol–water partition coefficient (Wildman–Crippen LogP) is 1.10. The van der Waals surface area contributed by atoms with Crippen LogP contribution in [-0.4, -0.2) is 25.2 Å². The number of carbonyl (C=O) groups is 1. The van der Waals surface area contributed by atoms with Gasteiger partial charge in [-0.3, -0.25) is 0 Å². The predicted molar refractivity (Wildman–Crippen MR) is 48.9 cm³/mol. The minimum Gasteiger partial charge on any atom is -0.458 e. The molecule has 0 fully saturated rings. The van der Waals surface area contributed by atoms with Crippen molar-refractivity contribution in [1.82, 2.24) is 5.32 Å². The third-order valence-corrected chi connectivity index (χ3v) is 1.34. The van der Waals surface area contributed by atoms with Crippen molar-refractivity contribution in [2.24, 2.45) is 0 Å². The first-order valence-electron chi connectivity index (χ1n) is 4.15. The van der Waals surface area contributed by atoms with Crippen LogP contribution in [0.1, 0.15) is 20.8 Å². The highest BCUT2D eigenvalue weighted by atomic mass is 16.5. The fourth-order valence-electron chi connectivity index (χ4n) is 0.673. The number of carbonyl (C=O) groups excluding carboxylic acids is 1. The van der Waals surface area contributed by atoms with E-state index >= 15 is 0 Å². The molecule has 3 heteroatoms. The van der Waals surface area contributed by atoms with E-state index in [0.717, 1.165) is 6.54 Å². The summed E-state index contributed by atoms with van der Waals surface area (Å²) in [4.78, 5) is 11.0. The number of ether oxygens (including phenoxy) is 1. The number of nitrogens with one attached hydrogen (secondary N) is 1. The third-order valence-electron chi connectivity index (χ3n) is 1.34. The average molecular weight is 171 g/mol. The molecule has 0 heterocycles. The Morgan fingerprint density at radius 2 is 2.25 bits per heavy atom. The molecule has 0 amide bonds. The molecule has 70 valence electrons. The molecule has 0 aromatic heterocycles. The van der Waals surface area contributed by atoms with E-state index in [9.17, 15) is 4.79 Å². The van der Waals surface area contributed by atoms with Crippen LogP contribution in [0.3, 0.4) is 0 Å². The van der Waals surface area contributed by atoms with Gasteiger partial charge in [0.2, 0.25) is 0 Å². The van der Waals surface area contributed by atoms with Crippen LogP contribution in [0.25, 0.3) is 0 Å². The second-order valence-electron chi connectivity index (χ2n) is 2.80. The molecule has 0 aliphatic rings. The van der Waals surface area contributed by atoms with Gasteiger partial charge in [-0.2, -0.15) is 0 Å². The van der Waals surface area contributed by atoms with E-state index < -0.39 is 0 Å². The van der Waals surface area contributed by atoms with Gasteiger partial charge in [-0.1, -0.05) is 13.5 Å². The Kier molecular flexibility index (Phi) is 5.37. The van der Waals surface area contributed by atoms with Gasteiger partial charge in [0.05, 0.1) is 0 Å². The Bertz CT molecular complexity index is 166. The molecule has 0 aromatic rings. The summed E-state index contributed by atoms with van der Waals surface area (Å²) in [5.74, 6) is -0.319. The van der Waals surface area contributed by atoms with Crippen molar-refractivity contribution < 1.29 is 9.53 Å². The highest BCUT2D eigenvalue weighted by Gasteiger charge is 2.08. The molecule has 1 N–H and O–H groups in total. The summed E-state index contributed by atoms with van der Waals surface area (Å²) in [5.41, 5.74) is 0.443. The second kappa shape index (κ2) is 5.77. The molecule has 0 radical (unpaired) electrons. The molecule has 0 saturated heterocycles. The molecule has 0 aliphatic carbocycles. The molecule has 12 heavy (non-hydrogen) atoms. The zero-order valence-electron chi connectivity index (χ0n) is 8.02. The first-order chi connectivity index (χ1) is 5.57. The van der Waals surface area contributed by atoms with E-state index in [1.807, 2.05) is 13.8 Å². The van der Waals surface area contributed by atoms with Crippen molar-refractivity contribution in [2.75, 3.05) is 13.1 Å². The Labute approximate surface area is 73.8 Å². The summed E-state index contributed by atoms with van der Waals surface area (Å²) < 4.78 is 5.01. The quantitative estimate of drug-likeness (QED) is 0.497. The summed E-state index contributed by atoms with van der Waals surface area (Å²) in [6, 6.07) is 0.